The second-order valence-electron chi connectivity index (χ2n) is 5.37. The molecule has 0 unspecified atom stereocenters. The fourth-order valence-corrected chi connectivity index (χ4v) is 3.24. The van der Waals surface area contributed by atoms with Crippen LogP contribution in [0.15, 0.2) is 34.2 Å². The van der Waals surface area contributed by atoms with E-state index in [2.05, 4.69) is 4.98 Å². The number of ketones is 1. The van der Waals surface area contributed by atoms with Crippen LogP contribution in [0.25, 0.3) is 10.9 Å². The Labute approximate surface area is 144 Å². The first-order valence-corrected chi connectivity index (χ1v) is 8.57. The Bertz CT molecular complexity index is 882. The van der Waals surface area contributed by atoms with Crippen LogP contribution in [0.1, 0.15) is 20.3 Å². The predicted molar refractivity (Wildman–Crippen MR) is 94.5 cm³/mol. The van der Waals surface area contributed by atoms with Crippen LogP contribution < -0.4 is 5.56 Å². The SMILES string of the molecule is CCCn1c(SCC(=O)[C@@H](C#N)C(C)=N)nc2ccccc2c1=O. The largest absolute Gasteiger partial charge is 0.308 e. The highest BCUT2D eigenvalue weighted by atomic mass is 32.2. The van der Waals surface area contributed by atoms with Crippen LogP contribution in [-0.4, -0.2) is 26.8 Å². The zero-order valence-electron chi connectivity index (χ0n) is 13.6. The van der Waals surface area contributed by atoms with Crippen molar-refractivity contribution in [1.29, 1.82) is 10.7 Å². The predicted octanol–water partition coefficient (Wildman–Crippen LogP) is 2.65. The molecule has 1 aromatic carbocycles. The third-order valence-electron chi connectivity index (χ3n) is 3.50. The van der Waals surface area contributed by atoms with Gasteiger partial charge in [-0.05, 0) is 25.5 Å². The fourth-order valence-electron chi connectivity index (χ4n) is 2.31. The van der Waals surface area contributed by atoms with E-state index < -0.39 is 5.92 Å². The Morgan fingerprint density at radius 1 is 1.46 bits per heavy atom. The summed E-state index contributed by atoms with van der Waals surface area (Å²) < 4.78 is 1.57. The Morgan fingerprint density at radius 3 is 2.79 bits per heavy atom. The van der Waals surface area contributed by atoms with E-state index in [1.807, 2.05) is 19.1 Å². The van der Waals surface area contributed by atoms with Crippen molar-refractivity contribution < 1.29 is 4.79 Å². The molecule has 2 rings (SSSR count). The van der Waals surface area contributed by atoms with Gasteiger partial charge in [-0.25, -0.2) is 4.98 Å². The van der Waals surface area contributed by atoms with E-state index in [4.69, 9.17) is 10.7 Å². The number of benzene rings is 1. The van der Waals surface area contributed by atoms with Crippen LogP contribution in [0.4, 0.5) is 0 Å². The summed E-state index contributed by atoms with van der Waals surface area (Å²) in [6.07, 6.45) is 0.766. The molecule has 0 aliphatic carbocycles. The van der Waals surface area contributed by atoms with Gasteiger partial charge in [0.05, 0.1) is 22.7 Å². The van der Waals surface area contributed by atoms with E-state index in [-0.39, 0.29) is 22.8 Å². The maximum Gasteiger partial charge on any atom is 0.262 e. The number of fused-ring (bicyclic) bond motifs is 1. The summed E-state index contributed by atoms with van der Waals surface area (Å²) in [5, 5.41) is 17.5. The Kier molecular flexibility index (Phi) is 5.88. The van der Waals surface area contributed by atoms with Crippen molar-refractivity contribution in [3.8, 4) is 6.07 Å². The monoisotopic (exact) mass is 342 g/mol. The highest BCUT2D eigenvalue weighted by molar-refractivity contribution is 7.99. The molecule has 1 N–H and O–H groups in total. The molecule has 0 aliphatic rings. The molecule has 0 saturated heterocycles. The highest BCUT2D eigenvalue weighted by Crippen LogP contribution is 2.19. The number of hydrogen-bond acceptors (Lipinski definition) is 6. The minimum atomic E-state index is -1.04. The van der Waals surface area contributed by atoms with Crippen LogP contribution in [0.3, 0.4) is 0 Å². The number of aromatic nitrogens is 2. The van der Waals surface area contributed by atoms with Crippen molar-refractivity contribution in [2.75, 3.05) is 5.75 Å². The summed E-state index contributed by atoms with van der Waals surface area (Å²) in [7, 11) is 0. The molecule has 0 aliphatic heterocycles. The van der Waals surface area contributed by atoms with Crippen LogP contribution in [0, 0.1) is 22.7 Å². The lowest BCUT2D eigenvalue weighted by atomic mass is 10.0. The van der Waals surface area contributed by atoms with E-state index in [0.29, 0.717) is 22.6 Å². The molecule has 7 heteroatoms. The molecule has 0 spiro atoms. The van der Waals surface area contributed by atoms with Crippen LogP contribution in [0.5, 0.6) is 0 Å². The Balaban J connectivity index is 2.36. The first-order chi connectivity index (χ1) is 11.5. The number of thioether (sulfide) groups is 1. The molecule has 1 heterocycles. The zero-order valence-corrected chi connectivity index (χ0v) is 14.4. The molecule has 0 bridgehead atoms. The second-order valence-corrected chi connectivity index (χ2v) is 6.31. The highest BCUT2D eigenvalue weighted by Gasteiger charge is 2.21. The third kappa shape index (κ3) is 3.71. The van der Waals surface area contributed by atoms with Crippen molar-refractivity contribution in [3.63, 3.8) is 0 Å². The van der Waals surface area contributed by atoms with Gasteiger partial charge in [0.1, 0.15) is 5.92 Å². The molecule has 6 nitrogen and oxygen atoms in total. The van der Waals surface area contributed by atoms with Gasteiger partial charge in [0, 0.05) is 12.3 Å². The number of nitrogens with zero attached hydrogens (tertiary/aromatic N) is 3. The maximum absolute atomic E-state index is 12.6. The van der Waals surface area contributed by atoms with E-state index >= 15 is 0 Å². The second kappa shape index (κ2) is 7.88. The molecule has 1 aromatic heterocycles. The minimum Gasteiger partial charge on any atom is -0.308 e. The number of hydrogen-bond donors (Lipinski definition) is 1. The maximum atomic E-state index is 12.6. The number of carbonyl (C=O) groups excluding carboxylic acids is 1. The van der Waals surface area contributed by atoms with E-state index in [0.717, 1.165) is 18.2 Å². The Morgan fingerprint density at radius 2 is 2.17 bits per heavy atom. The first kappa shape index (κ1) is 17.9. The van der Waals surface area contributed by atoms with Gasteiger partial charge in [-0.2, -0.15) is 5.26 Å². The summed E-state index contributed by atoms with van der Waals surface area (Å²) in [5.41, 5.74) is 0.489. The van der Waals surface area contributed by atoms with Gasteiger partial charge in [0.15, 0.2) is 10.9 Å². The summed E-state index contributed by atoms with van der Waals surface area (Å²) in [5.74, 6) is -1.38. The van der Waals surface area contributed by atoms with Crippen molar-refractivity contribution in [1.82, 2.24) is 9.55 Å². The number of Topliss-reactive ketones (excluding diaryl/α,β-unsaturated/α-hetero) is 1. The molecular formula is C17H18N4O2S. The molecule has 0 fully saturated rings. The summed E-state index contributed by atoms with van der Waals surface area (Å²) >= 11 is 1.14. The van der Waals surface area contributed by atoms with Crippen LogP contribution in [0.2, 0.25) is 0 Å². The fraction of sp³-hybridized carbons (Fsp3) is 0.353. The first-order valence-electron chi connectivity index (χ1n) is 7.59. The van der Waals surface area contributed by atoms with Crippen LogP contribution >= 0.6 is 11.8 Å². The van der Waals surface area contributed by atoms with Crippen molar-refractivity contribution in [2.24, 2.45) is 5.92 Å². The topological polar surface area (TPSA) is 99.6 Å². The van der Waals surface area contributed by atoms with E-state index in [1.54, 1.807) is 22.8 Å². The van der Waals surface area contributed by atoms with Gasteiger partial charge in [0.2, 0.25) is 0 Å². The summed E-state index contributed by atoms with van der Waals surface area (Å²) in [6, 6.07) is 8.94. The van der Waals surface area contributed by atoms with Gasteiger partial charge in [-0.3, -0.25) is 14.2 Å². The number of rotatable bonds is 7. The molecule has 124 valence electrons. The van der Waals surface area contributed by atoms with Crippen molar-refractivity contribution in [3.05, 3.63) is 34.6 Å². The van der Waals surface area contributed by atoms with Gasteiger partial charge in [-0.1, -0.05) is 30.8 Å². The lowest BCUT2D eigenvalue weighted by Crippen LogP contribution is -2.25. The number of carbonyl (C=O) groups is 1. The molecular weight excluding hydrogens is 324 g/mol. The van der Waals surface area contributed by atoms with E-state index in [1.165, 1.54) is 6.92 Å². The number of nitrogens with one attached hydrogen (secondary N) is 1. The quantitative estimate of drug-likeness (QED) is 0.474. The molecule has 0 radical (unpaired) electrons. The average Bonchev–Trinajstić information content (AvgIpc) is 2.56. The molecule has 1 atom stereocenters. The van der Waals surface area contributed by atoms with Gasteiger partial charge in [0.25, 0.3) is 5.56 Å². The molecule has 2 aromatic rings. The molecule has 24 heavy (non-hydrogen) atoms. The van der Waals surface area contributed by atoms with E-state index in [9.17, 15) is 9.59 Å². The molecule has 0 saturated carbocycles. The van der Waals surface area contributed by atoms with Crippen LogP contribution in [-0.2, 0) is 11.3 Å². The smallest absolute Gasteiger partial charge is 0.262 e. The molecule has 0 amide bonds. The van der Waals surface area contributed by atoms with Crippen molar-refractivity contribution in [2.45, 2.75) is 32.0 Å². The van der Waals surface area contributed by atoms with Gasteiger partial charge < -0.3 is 5.41 Å². The summed E-state index contributed by atoms with van der Waals surface area (Å²) in [4.78, 5) is 29.2. The Hall–Kier alpha value is -2.46. The third-order valence-corrected chi connectivity index (χ3v) is 4.50. The van der Waals surface area contributed by atoms with Gasteiger partial charge in [-0.15, -0.1) is 0 Å². The lowest BCUT2D eigenvalue weighted by Gasteiger charge is -2.12. The lowest BCUT2D eigenvalue weighted by molar-refractivity contribution is -0.117. The summed E-state index contributed by atoms with van der Waals surface area (Å²) in [6.45, 7) is 3.92. The normalized spacial score (nSPS) is 11.9. The number of para-hydroxylation sites is 1. The standard InChI is InChI=1S/C17H18N4O2S/c1-3-8-21-16(23)12-6-4-5-7-14(12)20-17(21)24-10-15(22)13(9-18)11(2)19/h4-7,13,19H,3,8,10H2,1-2H3/t13-/m0/s1. The van der Waals surface area contributed by atoms with Gasteiger partial charge >= 0.3 is 0 Å². The minimum absolute atomic E-state index is 0.00292. The zero-order chi connectivity index (χ0) is 17.7. The number of nitriles is 1. The average molecular weight is 342 g/mol. The van der Waals surface area contributed by atoms with Crippen molar-refractivity contribution >= 4 is 34.2 Å².